The second-order valence-corrected chi connectivity index (χ2v) is 4.89. The van der Waals surface area contributed by atoms with E-state index in [-0.39, 0.29) is 6.04 Å². The van der Waals surface area contributed by atoms with Crippen LogP contribution < -0.4 is 5.32 Å². The zero-order valence-electron chi connectivity index (χ0n) is 10.3. The summed E-state index contributed by atoms with van der Waals surface area (Å²) in [6, 6.07) is 8.02. The van der Waals surface area contributed by atoms with Gasteiger partial charge in [0.25, 0.3) is 0 Å². The molecule has 3 atom stereocenters. The number of carboxylic acids is 1. The maximum absolute atomic E-state index is 10.9. The molecule has 1 aromatic rings. The van der Waals surface area contributed by atoms with E-state index in [0.717, 1.165) is 12.8 Å². The van der Waals surface area contributed by atoms with Crippen LogP contribution in [0.1, 0.15) is 49.8 Å². The summed E-state index contributed by atoms with van der Waals surface area (Å²) in [5, 5.41) is 12.1. The first kappa shape index (κ1) is 12.1. The van der Waals surface area contributed by atoms with Gasteiger partial charge in [0, 0.05) is 6.04 Å². The molecule has 2 N–H and O–H groups in total. The Morgan fingerprint density at radius 3 is 2.65 bits per heavy atom. The molecule has 1 aliphatic carbocycles. The van der Waals surface area contributed by atoms with Crippen molar-refractivity contribution < 1.29 is 9.90 Å². The first-order chi connectivity index (χ1) is 8.09. The number of hydrogen-bond acceptors (Lipinski definition) is 2. The zero-order valence-corrected chi connectivity index (χ0v) is 10.3. The lowest BCUT2D eigenvalue weighted by molar-refractivity contribution is -0.139. The van der Waals surface area contributed by atoms with Gasteiger partial charge in [0.1, 0.15) is 6.04 Å². The average molecular weight is 233 g/mol. The van der Waals surface area contributed by atoms with Crippen molar-refractivity contribution in [3.8, 4) is 0 Å². The van der Waals surface area contributed by atoms with Gasteiger partial charge in [-0.2, -0.15) is 0 Å². The minimum Gasteiger partial charge on any atom is -0.480 e. The normalized spacial score (nSPS) is 25.1. The molecular formula is C14H19NO2. The molecule has 0 bridgehead atoms. The third kappa shape index (κ3) is 2.50. The minimum absolute atomic E-state index is 0.175. The highest BCUT2D eigenvalue weighted by molar-refractivity contribution is 5.72. The molecule has 2 rings (SSSR count). The summed E-state index contributed by atoms with van der Waals surface area (Å²) < 4.78 is 0. The second-order valence-electron chi connectivity index (χ2n) is 4.89. The van der Waals surface area contributed by atoms with Gasteiger partial charge in [-0.25, -0.2) is 0 Å². The number of rotatable bonds is 3. The Morgan fingerprint density at radius 1 is 1.35 bits per heavy atom. The summed E-state index contributed by atoms with van der Waals surface area (Å²) in [7, 11) is 0. The molecule has 0 amide bonds. The van der Waals surface area contributed by atoms with Crippen LogP contribution in [0.5, 0.6) is 0 Å². The summed E-state index contributed by atoms with van der Waals surface area (Å²) >= 11 is 0. The average Bonchev–Trinajstić information content (AvgIpc) is 2.33. The van der Waals surface area contributed by atoms with Crippen LogP contribution in [0.15, 0.2) is 24.3 Å². The highest BCUT2D eigenvalue weighted by atomic mass is 16.4. The van der Waals surface area contributed by atoms with E-state index in [1.807, 2.05) is 6.07 Å². The standard InChI is InChI=1S/C14H19NO2/c1-9-7-8-13(15-10(2)14(16)17)12-6-4-3-5-11(9)12/h3-6,9-10,13,15H,7-8H2,1-2H3,(H,16,17). The van der Waals surface area contributed by atoms with Gasteiger partial charge in [-0.3, -0.25) is 10.1 Å². The first-order valence-electron chi connectivity index (χ1n) is 6.17. The van der Waals surface area contributed by atoms with Crippen molar-refractivity contribution in [3.63, 3.8) is 0 Å². The Hall–Kier alpha value is -1.35. The van der Waals surface area contributed by atoms with Crippen LogP contribution in [0.2, 0.25) is 0 Å². The van der Waals surface area contributed by atoms with Gasteiger partial charge in [-0.15, -0.1) is 0 Å². The predicted molar refractivity (Wildman–Crippen MR) is 67.1 cm³/mol. The molecule has 92 valence electrons. The summed E-state index contributed by atoms with van der Waals surface area (Å²) in [6.45, 7) is 3.93. The topological polar surface area (TPSA) is 49.3 Å². The quantitative estimate of drug-likeness (QED) is 0.844. The summed E-state index contributed by atoms with van der Waals surface area (Å²) in [6.07, 6.45) is 2.12. The van der Waals surface area contributed by atoms with E-state index < -0.39 is 12.0 Å². The van der Waals surface area contributed by atoms with E-state index in [1.165, 1.54) is 11.1 Å². The first-order valence-corrected chi connectivity index (χ1v) is 6.17. The van der Waals surface area contributed by atoms with E-state index in [4.69, 9.17) is 5.11 Å². The van der Waals surface area contributed by atoms with Crippen molar-refractivity contribution in [1.29, 1.82) is 0 Å². The van der Waals surface area contributed by atoms with Gasteiger partial charge in [0.05, 0.1) is 0 Å². The molecule has 0 fully saturated rings. The number of fused-ring (bicyclic) bond motifs is 1. The molecule has 0 saturated carbocycles. The molecule has 0 spiro atoms. The lowest BCUT2D eigenvalue weighted by atomic mass is 9.81. The number of aliphatic carboxylic acids is 1. The summed E-state index contributed by atoms with van der Waals surface area (Å²) in [5.74, 6) is -0.217. The van der Waals surface area contributed by atoms with Crippen molar-refractivity contribution >= 4 is 5.97 Å². The van der Waals surface area contributed by atoms with Gasteiger partial charge in [0.2, 0.25) is 0 Å². The SMILES string of the molecule is CC(NC1CCC(C)c2ccccc21)C(=O)O. The van der Waals surface area contributed by atoms with Crippen LogP contribution in [-0.2, 0) is 4.79 Å². The van der Waals surface area contributed by atoms with Gasteiger partial charge < -0.3 is 5.11 Å². The Balaban J connectivity index is 2.21. The second kappa shape index (κ2) is 4.88. The fraction of sp³-hybridized carbons (Fsp3) is 0.500. The molecule has 3 nitrogen and oxygen atoms in total. The van der Waals surface area contributed by atoms with Gasteiger partial charge in [-0.1, -0.05) is 31.2 Å². The number of benzene rings is 1. The smallest absolute Gasteiger partial charge is 0.320 e. The van der Waals surface area contributed by atoms with Gasteiger partial charge >= 0.3 is 5.97 Å². The van der Waals surface area contributed by atoms with Gasteiger partial charge in [0.15, 0.2) is 0 Å². The number of nitrogens with one attached hydrogen (secondary N) is 1. The molecule has 0 aromatic heterocycles. The Labute approximate surface area is 102 Å². The van der Waals surface area contributed by atoms with Crippen LogP contribution in [0.25, 0.3) is 0 Å². The summed E-state index contributed by atoms with van der Waals surface area (Å²) in [4.78, 5) is 10.9. The van der Waals surface area contributed by atoms with Crippen molar-refractivity contribution in [2.75, 3.05) is 0 Å². The maximum atomic E-state index is 10.9. The Morgan fingerprint density at radius 2 is 2.00 bits per heavy atom. The monoisotopic (exact) mass is 233 g/mol. The fourth-order valence-corrected chi connectivity index (χ4v) is 2.55. The van der Waals surface area contributed by atoms with Crippen molar-refractivity contribution in [2.24, 2.45) is 0 Å². The van der Waals surface area contributed by atoms with Crippen molar-refractivity contribution in [2.45, 2.75) is 44.7 Å². The van der Waals surface area contributed by atoms with E-state index >= 15 is 0 Å². The van der Waals surface area contributed by atoms with Gasteiger partial charge in [-0.05, 0) is 36.8 Å². The molecule has 3 heteroatoms. The van der Waals surface area contributed by atoms with E-state index in [9.17, 15) is 4.79 Å². The number of carboxylic acid groups (broad SMARTS) is 1. The van der Waals surface area contributed by atoms with Crippen LogP contribution in [-0.4, -0.2) is 17.1 Å². The van der Waals surface area contributed by atoms with Crippen molar-refractivity contribution in [3.05, 3.63) is 35.4 Å². The Kier molecular flexibility index (Phi) is 3.48. The molecule has 0 radical (unpaired) electrons. The van der Waals surface area contributed by atoms with Crippen LogP contribution >= 0.6 is 0 Å². The van der Waals surface area contributed by atoms with E-state index in [1.54, 1.807) is 6.92 Å². The highest BCUT2D eigenvalue weighted by Gasteiger charge is 2.26. The maximum Gasteiger partial charge on any atom is 0.320 e. The lowest BCUT2D eigenvalue weighted by Gasteiger charge is -2.31. The third-order valence-corrected chi connectivity index (χ3v) is 3.61. The zero-order chi connectivity index (χ0) is 12.4. The van der Waals surface area contributed by atoms with E-state index in [0.29, 0.717) is 5.92 Å². The lowest BCUT2D eigenvalue weighted by Crippen LogP contribution is -2.38. The summed E-state index contributed by atoms with van der Waals surface area (Å²) in [5.41, 5.74) is 2.62. The molecule has 3 unspecified atom stereocenters. The molecule has 0 aliphatic heterocycles. The highest BCUT2D eigenvalue weighted by Crippen LogP contribution is 2.37. The fourth-order valence-electron chi connectivity index (χ4n) is 2.55. The molecule has 17 heavy (non-hydrogen) atoms. The molecule has 1 aromatic carbocycles. The van der Waals surface area contributed by atoms with Crippen molar-refractivity contribution in [1.82, 2.24) is 5.32 Å². The Bertz CT molecular complexity index is 416. The van der Waals surface area contributed by atoms with Crippen LogP contribution in [0.3, 0.4) is 0 Å². The molecular weight excluding hydrogens is 214 g/mol. The largest absolute Gasteiger partial charge is 0.480 e. The molecule has 0 heterocycles. The van der Waals surface area contributed by atoms with Crippen LogP contribution in [0, 0.1) is 0 Å². The van der Waals surface area contributed by atoms with Crippen LogP contribution in [0.4, 0.5) is 0 Å². The predicted octanol–water partition coefficient (Wildman–Crippen LogP) is 2.69. The number of carbonyl (C=O) groups is 1. The molecule has 0 saturated heterocycles. The minimum atomic E-state index is -0.791. The molecule has 1 aliphatic rings. The van der Waals surface area contributed by atoms with E-state index in [2.05, 4.69) is 30.4 Å². The number of hydrogen-bond donors (Lipinski definition) is 2. The third-order valence-electron chi connectivity index (χ3n) is 3.61.